The Kier molecular flexibility index (Phi) is 6.51. The molecule has 0 bridgehead atoms. The van der Waals surface area contributed by atoms with Crippen molar-refractivity contribution in [3.63, 3.8) is 0 Å². The van der Waals surface area contributed by atoms with Gasteiger partial charge < -0.3 is 19.7 Å². The number of carboxylic acids is 1. The van der Waals surface area contributed by atoms with Gasteiger partial charge in [0.2, 0.25) is 0 Å². The van der Waals surface area contributed by atoms with Gasteiger partial charge in [0, 0.05) is 18.4 Å². The third-order valence-electron chi connectivity index (χ3n) is 5.55. The number of carboxylic acid groups (broad SMARTS) is 1. The van der Waals surface area contributed by atoms with Crippen molar-refractivity contribution in [3.05, 3.63) is 113 Å². The van der Waals surface area contributed by atoms with Crippen molar-refractivity contribution in [3.8, 4) is 5.75 Å². The van der Waals surface area contributed by atoms with Crippen molar-refractivity contribution in [2.45, 2.75) is 13.2 Å². The van der Waals surface area contributed by atoms with Gasteiger partial charge >= 0.3 is 5.97 Å². The lowest BCUT2D eigenvalue weighted by atomic mass is 10.1. The predicted octanol–water partition coefficient (Wildman–Crippen LogP) is 6.29. The topological polar surface area (TPSA) is 89.3 Å². The molecule has 0 spiro atoms. The minimum atomic E-state index is -0.972. The molecule has 0 radical (unpaired) electrons. The number of anilines is 2. The molecule has 0 aliphatic rings. The van der Waals surface area contributed by atoms with E-state index in [4.69, 9.17) is 16.3 Å². The highest BCUT2D eigenvalue weighted by molar-refractivity contribution is 6.32. The van der Waals surface area contributed by atoms with E-state index >= 15 is 0 Å². The summed E-state index contributed by atoms with van der Waals surface area (Å²) in [5.41, 5.74) is 3.96. The molecule has 0 saturated heterocycles. The van der Waals surface area contributed by atoms with Crippen molar-refractivity contribution < 1.29 is 19.0 Å². The highest BCUT2D eigenvalue weighted by Gasteiger charge is 2.12. The molecule has 3 aromatic carbocycles. The zero-order chi connectivity index (χ0) is 25.1. The minimum absolute atomic E-state index is 0.188. The Balaban J connectivity index is 1.37. The van der Waals surface area contributed by atoms with Gasteiger partial charge in [-0.1, -0.05) is 35.9 Å². The number of nitrogens with one attached hydrogen (secondary N) is 1. The Morgan fingerprint density at radius 3 is 2.67 bits per heavy atom. The molecule has 7 nitrogen and oxygen atoms in total. The molecule has 5 aromatic rings. The van der Waals surface area contributed by atoms with E-state index in [0.29, 0.717) is 34.4 Å². The molecule has 2 aromatic heterocycles. The number of rotatable bonds is 8. The smallest absolute Gasteiger partial charge is 0.335 e. The largest absolute Gasteiger partial charge is 0.487 e. The van der Waals surface area contributed by atoms with E-state index in [-0.39, 0.29) is 18.0 Å². The number of hydrogen-bond donors (Lipinski definition) is 2. The van der Waals surface area contributed by atoms with Crippen LogP contribution in [0.2, 0.25) is 5.02 Å². The van der Waals surface area contributed by atoms with Crippen LogP contribution in [-0.4, -0.2) is 25.6 Å². The zero-order valence-corrected chi connectivity index (χ0v) is 19.6. The number of nitrogens with zero attached hydrogens (tertiary/aromatic N) is 3. The summed E-state index contributed by atoms with van der Waals surface area (Å²) in [5.74, 6) is -0.248. The third kappa shape index (κ3) is 5.13. The molecule has 180 valence electrons. The first kappa shape index (κ1) is 23.3. The summed E-state index contributed by atoms with van der Waals surface area (Å²) < 4.78 is 21.1. The van der Waals surface area contributed by atoms with Crippen LogP contribution >= 0.6 is 11.6 Å². The van der Waals surface area contributed by atoms with Crippen molar-refractivity contribution in [1.82, 2.24) is 14.5 Å². The fourth-order valence-corrected chi connectivity index (χ4v) is 4.11. The van der Waals surface area contributed by atoms with Gasteiger partial charge in [-0.15, -0.1) is 0 Å². The van der Waals surface area contributed by atoms with Crippen LogP contribution in [0.3, 0.4) is 0 Å². The number of fused-ring (bicyclic) bond motifs is 1. The molecule has 36 heavy (non-hydrogen) atoms. The van der Waals surface area contributed by atoms with E-state index in [2.05, 4.69) is 15.3 Å². The number of carbonyl (C=O) groups is 1. The fraction of sp³-hybridized carbons (Fsp3) is 0.0741. The summed E-state index contributed by atoms with van der Waals surface area (Å²) in [6.45, 7) is 0.633. The van der Waals surface area contributed by atoms with E-state index < -0.39 is 5.97 Å². The molecule has 0 atom stereocenters. The van der Waals surface area contributed by atoms with Crippen LogP contribution in [0.4, 0.5) is 15.9 Å². The second-order valence-corrected chi connectivity index (χ2v) is 8.50. The first-order valence-electron chi connectivity index (χ1n) is 11.0. The van der Waals surface area contributed by atoms with Crippen LogP contribution in [0, 0.1) is 5.82 Å². The SMILES string of the molecule is O=C(O)c1cccc(Cn2ccc3ncnc(Nc4ccc(OCc5cccc(F)c5)c(Cl)c4)c32)c1. The van der Waals surface area contributed by atoms with E-state index in [1.807, 2.05) is 29.0 Å². The van der Waals surface area contributed by atoms with Gasteiger partial charge in [-0.3, -0.25) is 0 Å². The van der Waals surface area contributed by atoms with Gasteiger partial charge in [-0.2, -0.15) is 0 Å². The average molecular weight is 503 g/mol. The lowest BCUT2D eigenvalue weighted by Gasteiger charge is -2.13. The second-order valence-electron chi connectivity index (χ2n) is 8.09. The number of hydrogen-bond acceptors (Lipinski definition) is 5. The van der Waals surface area contributed by atoms with E-state index in [9.17, 15) is 14.3 Å². The molecule has 0 fully saturated rings. The summed E-state index contributed by atoms with van der Waals surface area (Å²) in [6, 6.07) is 20.1. The Labute approximate surface area is 210 Å². The monoisotopic (exact) mass is 502 g/mol. The number of aromatic nitrogens is 3. The maximum atomic E-state index is 13.4. The van der Waals surface area contributed by atoms with Crippen molar-refractivity contribution >= 4 is 40.1 Å². The molecule has 0 saturated carbocycles. The Morgan fingerprint density at radius 2 is 1.86 bits per heavy atom. The van der Waals surface area contributed by atoms with Crippen LogP contribution in [0.25, 0.3) is 11.0 Å². The Bertz CT molecular complexity index is 1570. The molecule has 0 aliphatic carbocycles. The van der Waals surface area contributed by atoms with Gasteiger partial charge in [-0.25, -0.2) is 19.2 Å². The van der Waals surface area contributed by atoms with E-state index in [0.717, 1.165) is 16.6 Å². The van der Waals surface area contributed by atoms with Gasteiger partial charge in [0.05, 0.1) is 16.1 Å². The summed E-state index contributed by atoms with van der Waals surface area (Å²) in [7, 11) is 0. The molecular formula is C27H20ClFN4O3. The number of aromatic carboxylic acids is 1. The van der Waals surface area contributed by atoms with Crippen molar-refractivity contribution in [1.29, 1.82) is 0 Å². The van der Waals surface area contributed by atoms with Gasteiger partial charge in [0.1, 0.15) is 30.0 Å². The average Bonchev–Trinajstić information content (AvgIpc) is 3.27. The first-order valence-corrected chi connectivity index (χ1v) is 11.4. The van der Waals surface area contributed by atoms with Crippen LogP contribution in [-0.2, 0) is 13.2 Å². The van der Waals surface area contributed by atoms with Gasteiger partial charge in [-0.05, 0) is 59.7 Å². The lowest BCUT2D eigenvalue weighted by Crippen LogP contribution is -2.04. The summed E-state index contributed by atoms with van der Waals surface area (Å²) in [5, 5.41) is 13.0. The molecular weight excluding hydrogens is 483 g/mol. The summed E-state index contributed by atoms with van der Waals surface area (Å²) in [6.07, 6.45) is 3.35. The van der Waals surface area contributed by atoms with Crippen LogP contribution in [0.15, 0.2) is 85.3 Å². The highest BCUT2D eigenvalue weighted by Crippen LogP contribution is 2.31. The number of ether oxygens (including phenoxy) is 1. The second kappa shape index (κ2) is 10.1. The number of halogens is 2. The maximum absolute atomic E-state index is 13.4. The summed E-state index contributed by atoms with van der Waals surface area (Å²) >= 11 is 6.44. The molecule has 2 heterocycles. The fourth-order valence-electron chi connectivity index (χ4n) is 3.88. The molecule has 5 rings (SSSR count). The predicted molar refractivity (Wildman–Crippen MR) is 135 cm³/mol. The quantitative estimate of drug-likeness (QED) is 0.259. The van der Waals surface area contributed by atoms with Crippen LogP contribution in [0.5, 0.6) is 5.75 Å². The normalized spacial score (nSPS) is 10.9. The Hall–Kier alpha value is -4.43. The third-order valence-corrected chi connectivity index (χ3v) is 5.85. The molecule has 0 unspecified atom stereocenters. The molecule has 0 aliphatic heterocycles. The van der Waals surface area contributed by atoms with Crippen molar-refractivity contribution in [2.75, 3.05) is 5.32 Å². The van der Waals surface area contributed by atoms with Crippen molar-refractivity contribution in [2.24, 2.45) is 0 Å². The zero-order valence-electron chi connectivity index (χ0n) is 18.9. The van der Waals surface area contributed by atoms with Crippen LogP contribution in [0.1, 0.15) is 21.5 Å². The standard InChI is InChI=1S/C27H20ClFN4O3/c28-22-13-21(7-8-24(22)36-15-18-4-2-6-20(29)12-18)32-26-25-23(30-16-31-26)9-10-33(25)14-17-3-1-5-19(11-17)27(34)35/h1-13,16H,14-15H2,(H,34,35)(H,30,31,32). The van der Waals surface area contributed by atoms with Gasteiger partial charge in [0.15, 0.2) is 5.82 Å². The van der Waals surface area contributed by atoms with E-state index in [1.165, 1.54) is 18.5 Å². The Morgan fingerprint density at radius 1 is 1.03 bits per heavy atom. The van der Waals surface area contributed by atoms with E-state index in [1.54, 1.807) is 42.5 Å². The summed E-state index contributed by atoms with van der Waals surface area (Å²) in [4.78, 5) is 20.1. The molecule has 2 N–H and O–H groups in total. The molecule has 9 heteroatoms. The minimum Gasteiger partial charge on any atom is -0.487 e. The highest BCUT2D eigenvalue weighted by atomic mass is 35.5. The van der Waals surface area contributed by atoms with Gasteiger partial charge in [0.25, 0.3) is 0 Å². The number of benzene rings is 3. The lowest BCUT2D eigenvalue weighted by molar-refractivity contribution is 0.0696. The molecule has 0 amide bonds. The maximum Gasteiger partial charge on any atom is 0.335 e. The first-order chi connectivity index (χ1) is 17.5. The van der Waals surface area contributed by atoms with Crippen LogP contribution < -0.4 is 10.1 Å².